The fraction of sp³-hybridized carbons (Fsp3) is 0.951. The molecule has 4 rings (SSSR count). The number of rotatable bonds is 10. The van der Waals surface area contributed by atoms with Gasteiger partial charge in [0.15, 0.2) is 12.6 Å². The van der Waals surface area contributed by atoms with Gasteiger partial charge in [-0.15, -0.1) is 0 Å². The van der Waals surface area contributed by atoms with E-state index in [0.717, 1.165) is 6.54 Å². The Hall–Kier alpha value is -1.30. The van der Waals surface area contributed by atoms with E-state index >= 15 is 0 Å². The van der Waals surface area contributed by atoms with Crippen LogP contribution in [0.15, 0.2) is 0 Å². The lowest BCUT2D eigenvalue weighted by atomic mass is 9.74. The highest BCUT2D eigenvalue weighted by Crippen LogP contribution is 2.42. The molecule has 0 aromatic carbocycles. The van der Waals surface area contributed by atoms with Crippen molar-refractivity contribution < 1.29 is 63.2 Å². The molecule has 1 saturated carbocycles. The summed E-state index contributed by atoms with van der Waals surface area (Å²) >= 11 is 0. The van der Waals surface area contributed by atoms with Gasteiger partial charge in [0.05, 0.1) is 47.6 Å². The quantitative estimate of drug-likeness (QED) is 0.237. The summed E-state index contributed by atoms with van der Waals surface area (Å²) in [5, 5.41) is 46.0. The summed E-state index contributed by atoms with van der Waals surface area (Å²) in [6, 6.07) is -0.241. The largest absolute Gasteiger partial charge is 0.459 e. The van der Waals surface area contributed by atoms with E-state index in [1.807, 2.05) is 27.8 Å². The highest BCUT2D eigenvalue weighted by atomic mass is 16.7. The van der Waals surface area contributed by atoms with Crippen LogP contribution in [-0.2, 0) is 42.7 Å². The Morgan fingerprint density at radius 2 is 1.47 bits per heavy atom. The van der Waals surface area contributed by atoms with Crippen molar-refractivity contribution in [2.24, 2.45) is 29.6 Å². The van der Waals surface area contributed by atoms with Crippen LogP contribution in [-0.4, -0.2) is 149 Å². The monoisotopic (exact) mass is 788 g/mol. The normalized spacial score (nSPS) is 48.4. The number of hydrogen-bond acceptors (Lipinski definition) is 14. The van der Waals surface area contributed by atoms with Gasteiger partial charge in [-0.1, -0.05) is 27.7 Å². The van der Waals surface area contributed by atoms with Crippen molar-refractivity contribution in [2.75, 3.05) is 27.8 Å². The van der Waals surface area contributed by atoms with Gasteiger partial charge in [-0.05, 0) is 86.6 Å². The van der Waals surface area contributed by atoms with Crippen LogP contribution < -0.4 is 0 Å². The standard InChI is InChI=1S/C41H73NO13/c1-14-29-41(10,48)34(45)23(4)31(43)21(2)18-40(9,50-13)36(55-38-32(44)28(17-22(3)51-38)42(11)20-27-15-16-27)24(5)33(25(6)37(47)53-29)54-30-19-39(8,49-12)35(46)26(7)52-30/h21-30,32-36,38,44-46,48H,14-20H2,1-13H3/t21-,22-,23+,24+,25-,26+,28+,29-,30+,32-,33+,34-,35+,36-,38+,39-,40-,41-/m1/s1. The number of esters is 1. The van der Waals surface area contributed by atoms with Gasteiger partial charge in [0.1, 0.15) is 29.7 Å². The van der Waals surface area contributed by atoms with E-state index in [4.69, 9.17) is 33.2 Å². The molecule has 320 valence electrons. The second-order valence-electron chi connectivity index (χ2n) is 18.1. The van der Waals surface area contributed by atoms with Crippen molar-refractivity contribution in [3.05, 3.63) is 0 Å². The Bertz CT molecular complexity index is 1280. The third-order valence-corrected chi connectivity index (χ3v) is 13.4. The van der Waals surface area contributed by atoms with E-state index in [2.05, 4.69) is 4.90 Å². The van der Waals surface area contributed by atoms with E-state index in [9.17, 15) is 30.0 Å². The van der Waals surface area contributed by atoms with Crippen molar-refractivity contribution in [3.63, 3.8) is 0 Å². The molecule has 3 saturated heterocycles. The number of cyclic esters (lactones) is 1. The molecule has 0 aromatic rings. The zero-order valence-electron chi connectivity index (χ0n) is 35.6. The van der Waals surface area contributed by atoms with Crippen molar-refractivity contribution in [3.8, 4) is 0 Å². The Balaban J connectivity index is 1.83. The van der Waals surface area contributed by atoms with E-state index in [1.54, 1.807) is 41.5 Å². The summed E-state index contributed by atoms with van der Waals surface area (Å²) in [5.41, 5.74) is -4.24. The van der Waals surface area contributed by atoms with Gasteiger partial charge in [0.2, 0.25) is 0 Å². The molecule has 14 nitrogen and oxygen atoms in total. The Labute approximate surface area is 328 Å². The number of aliphatic hydroxyl groups excluding tert-OH is 3. The zero-order valence-corrected chi connectivity index (χ0v) is 35.6. The van der Waals surface area contributed by atoms with Crippen LogP contribution in [0.4, 0.5) is 0 Å². The summed E-state index contributed by atoms with van der Waals surface area (Å²) in [6.45, 7) is 18.1. The van der Waals surface area contributed by atoms with Gasteiger partial charge in [-0.3, -0.25) is 9.59 Å². The first-order chi connectivity index (χ1) is 25.5. The minimum Gasteiger partial charge on any atom is -0.459 e. The number of carbonyl (C=O) groups excluding carboxylic acids is 2. The van der Waals surface area contributed by atoms with Crippen LogP contribution in [0.1, 0.15) is 108 Å². The minimum absolute atomic E-state index is 0.119. The van der Waals surface area contributed by atoms with E-state index in [0.29, 0.717) is 12.3 Å². The van der Waals surface area contributed by atoms with Crippen LogP contribution >= 0.6 is 0 Å². The molecule has 3 heterocycles. The zero-order chi connectivity index (χ0) is 41.4. The van der Waals surface area contributed by atoms with Gasteiger partial charge in [-0.2, -0.15) is 0 Å². The van der Waals surface area contributed by atoms with Crippen molar-refractivity contribution in [1.82, 2.24) is 4.90 Å². The molecule has 0 unspecified atom stereocenters. The predicted octanol–water partition coefficient (Wildman–Crippen LogP) is 3.22. The topological polar surface area (TPSA) is 183 Å². The molecule has 1 aliphatic carbocycles. The fourth-order valence-electron chi connectivity index (χ4n) is 9.35. The first-order valence-electron chi connectivity index (χ1n) is 20.5. The highest BCUT2D eigenvalue weighted by Gasteiger charge is 2.54. The summed E-state index contributed by atoms with van der Waals surface area (Å²) in [6.07, 6.45) is -6.27. The third kappa shape index (κ3) is 10.1. The number of methoxy groups -OCH3 is 2. The average Bonchev–Trinajstić information content (AvgIpc) is 3.96. The van der Waals surface area contributed by atoms with E-state index in [1.165, 1.54) is 34.0 Å². The molecule has 4 N–H and O–H groups in total. The number of Topliss-reactive ketones (excluding diaryl/α,β-unsaturated/α-hetero) is 1. The molecule has 0 aromatic heterocycles. The number of likely N-dealkylation sites (N-methyl/N-ethyl adjacent to an activating group) is 1. The highest BCUT2D eigenvalue weighted by molar-refractivity contribution is 5.83. The average molecular weight is 788 g/mol. The number of hydrogen-bond donors (Lipinski definition) is 4. The molecule has 4 fully saturated rings. The number of ether oxygens (including phenoxy) is 7. The fourth-order valence-corrected chi connectivity index (χ4v) is 9.35. The van der Waals surface area contributed by atoms with Crippen molar-refractivity contribution >= 4 is 11.8 Å². The summed E-state index contributed by atoms with van der Waals surface area (Å²) in [4.78, 5) is 30.5. The van der Waals surface area contributed by atoms with Gasteiger partial charge in [0.25, 0.3) is 0 Å². The smallest absolute Gasteiger partial charge is 0.311 e. The minimum atomic E-state index is -1.96. The SMILES string of the molecule is CC[C@H]1OC(=O)[C@H](C)[C@@H](O[C@H]2C[C@@](C)(OC)[C@@H](O)[C@H](C)O2)[C@H](C)[C@@H](O[C@@H]2O[C@H](C)C[C@H](N(C)CC3CC3)[C@H]2O)[C@](C)(OC)C[C@@H](C)C(=O)[C@H](C)[C@@H](O)[C@]1(C)O. The maximum atomic E-state index is 14.3. The van der Waals surface area contributed by atoms with Crippen LogP contribution in [0.3, 0.4) is 0 Å². The molecule has 55 heavy (non-hydrogen) atoms. The Kier molecular flexibility index (Phi) is 15.4. The Morgan fingerprint density at radius 1 is 0.855 bits per heavy atom. The molecule has 18 atom stereocenters. The predicted molar refractivity (Wildman–Crippen MR) is 203 cm³/mol. The molecule has 0 radical (unpaired) electrons. The van der Waals surface area contributed by atoms with Crippen LogP contribution in [0.5, 0.6) is 0 Å². The molecule has 14 heteroatoms. The van der Waals surface area contributed by atoms with E-state index < -0.39 is 102 Å². The molecular weight excluding hydrogens is 714 g/mol. The summed E-state index contributed by atoms with van der Waals surface area (Å²) < 4.78 is 44.3. The molecule has 4 aliphatic rings. The molecule has 0 spiro atoms. The summed E-state index contributed by atoms with van der Waals surface area (Å²) in [5.74, 6) is -3.84. The van der Waals surface area contributed by atoms with Crippen molar-refractivity contribution in [1.29, 1.82) is 0 Å². The number of carbonyl (C=O) groups is 2. The Morgan fingerprint density at radius 3 is 2.04 bits per heavy atom. The number of nitrogens with zero attached hydrogens (tertiary/aromatic N) is 1. The summed E-state index contributed by atoms with van der Waals surface area (Å²) in [7, 11) is 5.05. The molecular formula is C41H73NO13. The van der Waals surface area contributed by atoms with Gasteiger partial charge in [0, 0.05) is 51.0 Å². The molecule has 0 bridgehead atoms. The maximum absolute atomic E-state index is 14.3. The second kappa shape index (κ2) is 18.3. The number of aliphatic hydroxyl groups is 4. The van der Waals surface area contributed by atoms with E-state index in [-0.39, 0.29) is 37.2 Å². The maximum Gasteiger partial charge on any atom is 0.311 e. The first-order valence-corrected chi connectivity index (χ1v) is 20.5. The third-order valence-electron chi connectivity index (χ3n) is 13.4. The lowest BCUT2D eigenvalue weighted by molar-refractivity contribution is -0.319. The van der Waals surface area contributed by atoms with Crippen LogP contribution in [0.25, 0.3) is 0 Å². The molecule has 0 amide bonds. The lowest BCUT2D eigenvalue weighted by Gasteiger charge is -2.50. The first kappa shape index (κ1) is 46.4. The van der Waals surface area contributed by atoms with Gasteiger partial charge in [-0.25, -0.2) is 0 Å². The van der Waals surface area contributed by atoms with Gasteiger partial charge >= 0.3 is 5.97 Å². The second-order valence-corrected chi connectivity index (χ2v) is 18.1. The lowest BCUT2D eigenvalue weighted by Crippen LogP contribution is -2.61. The number of ketones is 1. The van der Waals surface area contributed by atoms with Crippen LogP contribution in [0, 0.1) is 29.6 Å². The van der Waals surface area contributed by atoms with Crippen molar-refractivity contribution in [2.45, 2.75) is 192 Å². The molecule has 3 aliphatic heterocycles. The van der Waals surface area contributed by atoms with Gasteiger partial charge < -0.3 is 58.5 Å². The van der Waals surface area contributed by atoms with Crippen LogP contribution in [0.2, 0.25) is 0 Å².